The lowest BCUT2D eigenvalue weighted by Crippen LogP contribution is -2.31. The van der Waals surface area contributed by atoms with Crippen LogP contribution in [0.25, 0.3) is 0 Å². The van der Waals surface area contributed by atoms with E-state index in [1.54, 1.807) is 6.20 Å². The highest BCUT2D eigenvalue weighted by Gasteiger charge is 2.32. The van der Waals surface area contributed by atoms with Crippen LogP contribution in [0.3, 0.4) is 0 Å². The number of hydrogen-bond acceptors (Lipinski definition) is 4. The highest BCUT2D eigenvalue weighted by Crippen LogP contribution is 2.29. The van der Waals surface area contributed by atoms with Crippen molar-refractivity contribution in [2.24, 2.45) is 18.2 Å². The van der Waals surface area contributed by atoms with Crippen molar-refractivity contribution in [3.05, 3.63) is 48.0 Å². The number of nitrogens with zero attached hydrogens (tertiary/aromatic N) is 3. The number of imidazole rings is 1. The molecule has 2 N–H and O–H groups in total. The first-order valence-electron chi connectivity index (χ1n) is 8.18. The van der Waals surface area contributed by atoms with Gasteiger partial charge in [0.25, 0.3) is 0 Å². The maximum Gasteiger partial charge on any atom is 0.146 e. The summed E-state index contributed by atoms with van der Waals surface area (Å²) in [7, 11) is 1.97. The summed E-state index contributed by atoms with van der Waals surface area (Å²) >= 11 is 0. The minimum atomic E-state index is 0. The molecule has 0 radical (unpaired) electrons. The third-order valence-electron chi connectivity index (χ3n) is 4.75. The van der Waals surface area contributed by atoms with E-state index in [1.165, 1.54) is 12.0 Å². The van der Waals surface area contributed by atoms with E-state index in [-0.39, 0.29) is 30.2 Å². The molecule has 1 saturated heterocycles. The Hall–Kier alpha value is -1.27. The molecule has 0 amide bonds. The summed E-state index contributed by atoms with van der Waals surface area (Å²) in [5.41, 5.74) is 7.48. The highest BCUT2D eigenvalue weighted by atomic mass is 35.5. The molecule has 0 bridgehead atoms. The average molecular weight is 387 g/mol. The second-order valence-electron chi connectivity index (χ2n) is 6.86. The van der Waals surface area contributed by atoms with Gasteiger partial charge < -0.3 is 15.0 Å². The van der Waals surface area contributed by atoms with Gasteiger partial charge in [0.2, 0.25) is 0 Å². The van der Waals surface area contributed by atoms with E-state index >= 15 is 0 Å². The molecule has 0 spiro atoms. The van der Waals surface area contributed by atoms with Crippen LogP contribution < -0.4 is 10.5 Å². The normalized spacial score (nSPS) is 20.0. The van der Waals surface area contributed by atoms with Gasteiger partial charge in [0, 0.05) is 32.5 Å². The predicted molar refractivity (Wildman–Crippen MR) is 106 cm³/mol. The lowest BCUT2D eigenvalue weighted by Gasteiger charge is -2.22. The molecule has 1 unspecified atom stereocenters. The van der Waals surface area contributed by atoms with E-state index in [1.807, 2.05) is 29.9 Å². The van der Waals surface area contributed by atoms with E-state index in [2.05, 4.69) is 28.9 Å². The Balaban J connectivity index is 0.00000156. The fraction of sp³-hybridized carbons (Fsp3) is 0.500. The van der Waals surface area contributed by atoms with E-state index in [9.17, 15) is 0 Å². The molecule has 2 aromatic rings. The van der Waals surface area contributed by atoms with E-state index in [4.69, 9.17) is 10.5 Å². The molecular formula is C18H28Cl2N4O. The topological polar surface area (TPSA) is 56.3 Å². The second kappa shape index (κ2) is 9.43. The summed E-state index contributed by atoms with van der Waals surface area (Å²) in [6.45, 7) is 6.73. The van der Waals surface area contributed by atoms with E-state index < -0.39 is 0 Å². The van der Waals surface area contributed by atoms with Gasteiger partial charge in [-0.25, -0.2) is 4.98 Å². The van der Waals surface area contributed by atoms with Crippen LogP contribution in [-0.2, 0) is 20.2 Å². The zero-order valence-corrected chi connectivity index (χ0v) is 16.5. The van der Waals surface area contributed by atoms with Crippen LogP contribution in [0.4, 0.5) is 0 Å². The van der Waals surface area contributed by atoms with Crippen molar-refractivity contribution in [1.29, 1.82) is 0 Å². The first-order valence-corrected chi connectivity index (χ1v) is 8.18. The molecule has 1 aromatic carbocycles. The van der Waals surface area contributed by atoms with Crippen LogP contribution in [-0.4, -0.2) is 34.1 Å². The molecule has 1 aromatic heterocycles. The van der Waals surface area contributed by atoms with Crippen molar-refractivity contribution in [3.63, 3.8) is 0 Å². The summed E-state index contributed by atoms with van der Waals surface area (Å²) in [4.78, 5) is 6.74. The van der Waals surface area contributed by atoms with Gasteiger partial charge in [0.05, 0.1) is 0 Å². The van der Waals surface area contributed by atoms with Crippen LogP contribution >= 0.6 is 24.8 Å². The Kier molecular flexibility index (Phi) is 8.22. The third-order valence-corrected chi connectivity index (χ3v) is 4.75. The van der Waals surface area contributed by atoms with Gasteiger partial charge in [-0.15, -0.1) is 24.8 Å². The van der Waals surface area contributed by atoms with Gasteiger partial charge in [-0.05, 0) is 42.6 Å². The Morgan fingerprint density at radius 2 is 1.96 bits per heavy atom. The molecule has 1 atom stereocenters. The average Bonchev–Trinajstić information content (AvgIpc) is 3.13. The molecule has 1 aliphatic rings. The minimum absolute atomic E-state index is 0. The highest BCUT2D eigenvalue weighted by molar-refractivity contribution is 5.85. The summed E-state index contributed by atoms with van der Waals surface area (Å²) in [6.07, 6.45) is 4.90. The van der Waals surface area contributed by atoms with Crippen molar-refractivity contribution in [2.75, 3.05) is 19.6 Å². The molecule has 7 heteroatoms. The lowest BCUT2D eigenvalue weighted by molar-refractivity contribution is 0.273. The first-order chi connectivity index (χ1) is 11.1. The van der Waals surface area contributed by atoms with Gasteiger partial charge in [-0.2, -0.15) is 0 Å². The number of likely N-dealkylation sites (tertiary alicyclic amines) is 1. The number of rotatable bonds is 6. The zero-order chi connectivity index (χ0) is 16.3. The fourth-order valence-electron chi connectivity index (χ4n) is 3.06. The quantitative estimate of drug-likeness (QED) is 0.828. The number of ether oxygens (including phenoxy) is 1. The molecular weight excluding hydrogens is 359 g/mol. The number of aryl methyl sites for hydroxylation is 1. The van der Waals surface area contributed by atoms with E-state index in [0.717, 1.165) is 37.8 Å². The van der Waals surface area contributed by atoms with Crippen molar-refractivity contribution in [2.45, 2.75) is 26.5 Å². The number of nitrogens with two attached hydrogens (primary N) is 1. The van der Waals surface area contributed by atoms with Crippen LogP contribution in [0.2, 0.25) is 0 Å². The summed E-state index contributed by atoms with van der Waals surface area (Å²) in [5.74, 6) is 1.80. The number of halogens is 2. The lowest BCUT2D eigenvalue weighted by atomic mass is 9.90. The Bertz CT molecular complexity index is 647. The molecule has 1 fully saturated rings. The fourth-order valence-corrected chi connectivity index (χ4v) is 3.06. The second-order valence-corrected chi connectivity index (χ2v) is 6.86. The molecule has 25 heavy (non-hydrogen) atoms. The molecule has 1 aliphatic heterocycles. The summed E-state index contributed by atoms with van der Waals surface area (Å²) in [6, 6.07) is 8.37. The van der Waals surface area contributed by atoms with Gasteiger partial charge in [0.1, 0.15) is 18.2 Å². The van der Waals surface area contributed by atoms with Crippen molar-refractivity contribution < 1.29 is 4.74 Å². The van der Waals surface area contributed by atoms with Crippen molar-refractivity contribution in [3.8, 4) is 5.75 Å². The maximum atomic E-state index is 5.88. The monoisotopic (exact) mass is 386 g/mol. The van der Waals surface area contributed by atoms with Crippen molar-refractivity contribution >= 4 is 24.8 Å². The third kappa shape index (κ3) is 5.61. The molecule has 0 saturated carbocycles. The van der Waals surface area contributed by atoms with Crippen LogP contribution in [0.15, 0.2) is 36.7 Å². The summed E-state index contributed by atoms with van der Waals surface area (Å²) < 4.78 is 7.76. The van der Waals surface area contributed by atoms with Gasteiger partial charge in [-0.3, -0.25) is 4.90 Å². The maximum absolute atomic E-state index is 5.88. The Morgan fingerprint density at radius 3 is 2.52 bits per heavy atom. The minimum Gasteiger partial charge on any atom is -0.486 e. The number of benzene rings is 1. The first kappa shape index (κ1) is 21.8. The van der Waals surface area contributed by atoms with Crippen LogP contribution in [0, 0.1) is 5.41 Å². The zero-order valence-electron chi connectivity index (χ0n) is 14.9. The Labute approximate surface area is 162 Å². The SMILES string of the molecule is Cl.Cl.Cn1ccnc1COc1ccc(CN2CCC(C)(CN)C2)cc1. The largest absolute Gasteiger partial charge is 0.486 e. The van der Waals surface area contributed by atoms with Crippen LogP contribution in [0.5, 0.6) is 5.75 Å². The predicted octanol–water partition coefficient (Wildman–Crippen LogP) is 3.01. The summed E-state index contributed by atoms with van der Waals surface area (Å²) in [5, 5.41) is 0. The molecule has 2 heterocycles. The molecule has 140 valence electrons. The van der Waals surface area contributed by atoms with Gasteiger partial charge in [0.15, 0.2) is 0 Å². The molecule has 0 aliphatic carbocycles. The van der Waals surface area contributed by atoms with Gasteiger partial charge in [-0.1, -0.05) is 19.1 Å². The molecule has 5 nitrogen and oxygen atoms in total. The van der Waals surface area contributed by atoms with Crippen LogP contribution in [0.1, 0.15) is 24.7 Å². The standard InChI is InChI=1S/C18H26N4O.2ClH/c1-18(13-19)7-9-22(14-18)11-15-3-5-16(6-4-15)23-12-17-20-8-10-21(17)2;;/h3-6,8,10H,7,9,11-14,19H2,1-2H3;2*1H. The van der Waals surface area contributed by atoms with Crippen molar-refractivity contribution in [1.82, 2.24) is 14.5 Å². The number of aromatic nitrogens is 2. The number of hydrogen-bond donors (Lipinski definition) is 1. The van der Waals surface area contributed by atoms with E-state index in [0.29, 0.717) is 6.61 Å². The Morgan fingerprint density at radius 1 is 1.24 bits per heavy atom. The molecule has 3 rings (SSSR count). The van der Waals surface area contributed by atoms with Gasteiger partial charge >= 0.3 is 0 Å². The smallest absolute Gasteiger partial charge is 0.146 e.